The van der Waals surface area contributed by atoms with Crippen LogP contribution in [0.15, 0.2) is 97.1 Å². The highest BCUT2D eigenvalue weighted by Gasteiger charge is 2.40. The SMILES string of the molecule is CO.Cl.O=C(c1ccc(Cl)cc1)N1C[C@H](O)[C@@H](N2CCN(Cc3ccc(Cl)cc3)CC2)C1.O=C(c1ccc(Cl)cc1)N1C[C@H](O)[C@@H](N2CCNCC2)C1.O=Cc1ccc(Cl)cc1. The first-order valence-corrected chi connectivity index (χ1v) is 21.8. The van der Waals surface area contributed by atoms with Crippen LogP contribution in [0.4, 0.5) is 0 Å². The minimum atomic E-state index is -0.519. The second kappa shape index (κ2) is 25.8. The van der Waals surface area contributed by atoms with Gasteiger partial charge in [-0.3, -0.25) is 29.1 Å². The number of aliphatic hydroxyl groups excluding tert-OH is 3. The number of aliphatic hydroxyl groups is 3. The minimum absolute atomic E-state index is 0. The third kappa shape index (κ3) is 14.9. The Morgan fingerprint density at radius 2 is 0.952 bits per heavy atom. The van der Waals surface area contributed by atoms with Crippen LogP contribution in [0.3, 0.4) is 0 Å². The maximum absolute atomic E-state index is 12.7. The van der Waals surface area contributed by atoms with Gasteiger partial charge in [0.2, 0.25) is 0 Å². The Labute approximate surface area is 390 Å². The molecule has 4 aromatic carbocycles. The van der Waals surface area contributed by atoms with Crippen molar-refractivity contribution < 1.29 is 29.7 Å². The van der Waals surface area contributed by atoms with Crippen molar-refractivity contribution in [3.63, 3.8) is 0 Å². The molecule has 4 heterocycles. The Hall–Kier alpha value is -3.34. The van der Waals surface area contributed by atoms with E-state index in [1.54, 1.807) is 82.6 Å². The van der Waals surface area contributed by atoms with Gasteiger partial charge in [0.05, 0.1) is 24.3 Å². The molecule has 0 saturated carbocycles. The van der Waals surface area contributed by atoms with Crippen molar-refractivity contribution in [3.8, 4) is 0 Å². The number of halogens is 5. The zero-order chi connectivity index (χ0) is 43.9. The van der Waals surface area contributed by atoms with Crippen molar-refractivity contribution in [2.75, 3.05) is 85.6 Å². The maximum Gasteiger partial charge on any atom is 0.253 e. The minimum Gasteiger partial charge on any atom is -0.400 e. The molecule has 0 unspecified atom stereocenters. The summed E-state index contributed by atoms with van der Waals surface area (Å²) in [6, 6.07) is 28.5. The lowest BCUT2D eigenvalue weighted by Crippen LogP contribution is -2.53. The summed E-state index contributed by atoms with van der Waals surface area (Å²) in [6.45, 7) is 10.2. The van der Waals surface area contributed by atoms with E-state index in [0.717, 1.165) is 77.3 Å². The lowest BCUT2D eigenvalue weighted by atomic mass is 10.1. The summed E-state index contributed by atoms with van der Waals surface area (Å²) >= 11 is 23.3. The highest BCUT2D eigenvalue weighted by atomic mass is 35.5. The van der Waals surface area contributed by atoms with Gasteiger partial charge in [-0.05, 0) is 78.4 Å². The van der Waals surface area contributed by atoms with Gasteiger partial charge in [0.15, 0.2) is 0 Å². The van der Waals surface area contributed by atoms with Crippen LogP contribution in [-0.4, -0.2) is 168 Å². The average molecular weight is 953 g/mol. The Balaban J connectivity index is 0.000000223. The summed E-state index contributed by atoms with van der Waals surface area (Å²) in [5.41, 5.74) is 3.13. The number of likely N-dealkylation sites (tertiary alicyclic amines) is 2. The van der Waals surface area contributed by atoms with Crippen LogP contribution in [0, 0.1) is 0 Å². The van der Waals surface area contributed by atoms with Crippen molar-refractivity contribution in [1.82, 2.24) is 29.8 Å². The van der Waals surface area contributed by atoms with Gasteiger partial charge in [-0.15, -0.1) is 12.4 Å². The number of piperazine rings is 2. The van der Waals surface area contributed by atoms with Crippen LogP contribution in [0.25, 0.3) is 0 Å². The van der Waals surface area contributed by atoms with E-state index in [0.29, 0.717) is 57.9 Å². The molecule has 4 saturated heterocycles. The molecule has 0 spiro atoms. The first kappa shape index (κ1) is 51.3. The zero-order valence-corrected chi connectivity index (χ0v) is 38.4. The number of benzene rings is 4. The number of β-amino-alcohol motifs (C(OH)–C–C–N with tert-alkyl or cyclic N) is 2. The smallest absolute Gasteiger partial charge is 0.253 e. The predicted octanol–water partition coefficient (Wildman–Crippen LogP) is 5.61. The molecule has 4 aromatic rings. The molecule has 62 heavy (non-hydrogen) atoms. The van der Waals surface area contributed by atoms with Crippen LogP contribution in [0.2, 0.25) is 20.1 Å². The Morgan fingerprint density at radius 3 is 1.35 bits per heavy atom. The second-order valence-corrected chi connectivity index (χ2v) is 16.8. The van der Waals surface area contributed by atoms with Gasteiger partial charge >= 0.3 is 0 Å². The monoisotopic (exact) mass is 950 g/mol. The van der Waals surface area contributed by atoms with E-state index in [2.05, 4.69) is 32.1 Å². The molecule has 0 bridgehead atoms. The Bertz CT molecular complexity index is 1970. The molecule has 4 aliphatic rings. The summed E-state index contributed by atoms with van der Waals surface area (Å²) in [6.07, 6.45) is -0.204. The predicted molar refractivity (Wildman–Crippen MR) is 249 cm³/mol. The van der Waals surface area contributed by atoms with E-state index in [4.69, 9.17) is 51.5 Å². The molecule has 17 heteroatoms. The van der Waals surface area contributed by atoms with Gasteiger partial charge in [0, 0.05) is 129 Å². The average Bonchev–Trinajstić information content (AvgIpc) is 3.88. The number of nitrogens with zero attached hydrogens (tertiary/aromatic N) is 5. The summed E-state index contributed by atoms with van der Waals surface area (Å²) in [4.78, 5) is 45.8. The summed E-state index contributed by atoms with van der Waals surface area (Å²) in [5, 5.41) is 33.8. The molecule has 0 aliphatic carbocycles. The molecule has 4 atom stereocenters. The van der Waals surface area contributed by atoms with Gasteiger partial charge in [-0.1, -0.05) is 70.7 Å². The number of aldehydes is 1. The number of rotatable bonds is 7. The summed E-state index contributed by atoms with van der Waals surface area (Å²) < 4.78 is 0. The quantitative estimate of drug-likeness (QED) is 0.173. The zero-order valence-electron chi connectivity index (χ0n) is 34.5. The van der Waals surface area contributed by atoms with E-state index in [9.17, 15) is 24.6 Å². The number of nitrogens with one attached hydrogen (secondary N) is 1. The normalized spacial score (nSPS) is 21.5. The van der Waals surface area contributed by atoms with Crippen LogP contribution in [-0.2, 0) is 6.54 Å². The van der Waals surface area contributed by atoms with E-state index in [-0.39, 0.29) is 36.3 Å². The largest absolute Gasteiger partial charge is 0.400 e. The van der Waals surface area contributed by atoms with E-state index in [1.807, 2.05) is 12.1 Å². The number of hydrogen-bond acceptors (Lipinski definition) is 10. The van der Waals surface area contributed by atoms with Crippen LogP contribution in [0.5, 0.6) is 0 Å². The number of hydrogen-bond donors (Lipinski definition) is 4. The van der Waals surface area contributed by atoms with Crippen molar-refractivity contribution in [2.24, 2.45) is 0 Å². The molecule has 8 rings (SSSR count). The Kier molecular flexibility index (Phi) is 21.4. The van der Waals surface area contributed by atoms with E-state index < -0.39 is 12.2 Å². The molecule has 0 radical (unpaired) electrons. The number of amides is 2. The molecule has 0 aromatic heterocycles. The van der Waals surface area contributed by atoms with Gasteiger partial charge < -0.3 is 30.4 Å². The van der Waals surface area contributed by atoms with Gasteiger partial charge in [0.25, 0.3) is 11.8 Å². The van der Waals surface area contributed by atoms with Crippen LogP contribution >= 0.6 is 58.8 Å². The van der Waals surface area contributed by atoms with Crippen LogP contribution < -0.4 is 5.32 Å². The third-order valence-electron chi connectivity index (χ3n) is 11.1. The van der Waals surface area contributed by atoms with Crippen molar-refractivity contribution in [2.45, 2.75) is 30.8 Å². The topological polar surface area (TPSA) is 140 Å². The van der Waals surface area contributed by atoms with Gasteiger partial charge in [-0.2, -0.15) is 0 Å². The fourth-order valence-electron chi connectivity index (χ4n) is 7.79. The fraction of sp³-hybridized carbons (Fsp3) is 0.400. The molecule has 4 N–H and O–H groups in total. The summed E-state index contributed by atoms with van der Waals surface area (Å²) in [5.74, 6) is -0.0899. The molecule has 2 amide bonds. The van der Waals surface area contributed by atoms with Crippen molar-refractivity contribution in [1.29, 1.82) is 0 Å². The van der Waals surface area contributed by atoms with Gasteiger partial charge in [0.1, 0.15) is 6.29 Å². The highest BCUT2D eigenvalue weighted by Crippen LogP contribution is 2.23. The highest BCUT2D eigenvalue weighted by molar-refractivity contribution is 6.31. The van der Waals surface area contributed by atoms with Crippen molar-refractivity contribution >= 4 is 76.9 Å². The van der Waals surface area contributed by atoms with Crippen molar-refractivity contribution in [3.05, 3.63) is 139 Å². The van der Waals surface area contributed by atoms with Crippen LogP contribution in [0.1, 0.15) is 36.6 Å². The molecule has 336 valence electrons. The van der Waals surface area contributed by atoms with E-state index >= 15 is 0 Å². The molecule has 4 fully saturated rings. The molecule has 4 aliphatic heterocycles. The standard InChI is InChI=1S/C22H25Cl2N3O2.C15H20ClN3O2.C7H5ClO.CH4O.ClH/c23-18-5-1-16(2-6-18)13-25-9-11-26(12-10-25)20-14-27(15-21(20)28)22(29)17-3-7-19(24)8-4-17;16-12-3-1-11(2-4-12)15(21)19-9-13(14(20)10-19)18-7-5-17-6-8-18;8-7-3-1-6(5-9)2-4-7;1-2;/h1-8,20-21,28H,9-15H2;1-4,13-14,17,20H,5-10H2;1-5H;2H,1H3;1H/t20-,21-;13-,14-;;;/m00.../s1. The first-order valence-electron chi connectivity index (χ1n) is 20.2. The molecular formula is C45H55Cl5N6O6. The Morgan fingerprint density at radius 1 is 0.581 bits per heavy atom. The first-order chi connectivity index (χ1) is 29.5. The molecule has 12 nitrogen and oxygen atoms in total. The lowest BCUT2D eigenvalue weighted by molar-refractivity contribution is 0.0423. The third-order valence-corrected chi connectivity index (χ3v) is 12.1. The number of carbonyl (C=O) groups is 3. The second-order valence-electron chi connectivity index (χ2n) is 15.1. The number of carbonyl (C=O) groups excluding carboxylic acids is 3. The summed E-state index contributed by atoms with van der Waals surface area (Å²) in [7, 11) is 1.00. The van der Waals surface area contributed by atoms with Gasteiger partial charge in [-0.25, -0.2) is 0 Å². The van der Waals surface area contributed by atoms with E-state index in [1.165, 1.54) is 5.56 Å². The maximum atomic E-state index is 12.7. The lowest BCUT2D eigenvalue weighted by Gasteiger charge is -2.38. The fourth-order valence-corrected chi connectivity index (χ4v) is 8.30. The molecular weight excluding hydrogens is 898 g/mol.